The first-order chi connectivity index (χ1) is 10.0. The van der Waals surface area contributed by atoms with E-state index >= 15 is 0 Å². The number of halogens is 2. The largest absolute Gasteiger partial charge is 0.586 e. The summed E-state index contributed by atoms with van der Waals surface area (Å²) in [5, 5.41) is 0. The number of rotatable bonds is 1. The highest BCUT2D eigenvalue weighted by Crippen LogP contribution is 2.44. The molecular formula is C16H17F2NO2. The van der Waals surface area contributed by atoms with Gasteiger partial charge < -0.3 is 9.47 Å². The summed E-state index contributed by atoms with van der Waals surface area (Å²) in [7, 11) is 2.17. The maximum Gasteiger partial charge on any atom is 0.586 e. The molecule has 0 aromatic heterocycles. The molecule has 0 saturated carbocycles. The number of fused-ring (bicyclic) bond motifs is 3. The summed E-state index contributed by atoms with van der Waals surface area (Å²) in [6.45, 7) is 0. The molecule has 3 nitrogen and oxygen atoms in total. The summed E-state index contributed by atoms with van der Waals surface area (Å²) >= 11 is 0. The number of hydrogen-bond donors (Lipinski definition) is 0. The Hall–Kier alpha value is -1.62. The predicted molar refractivity (Wildman–Crippen MR) is 74.4 cm³/mol. The fourth-order valence-electron chi connectivity index (χ4n) is 3.60. The molecule has 3 aliphatic rings. The summed E-state index contributed by atoms with van der Waals surface area (Å²) in [5.74, 6) is 0.236. The molecule has 112 valence electrons. The maximum atomic E-state index is 13.1. The Morgan fingerprint density at radius 3 is 2.81 bits per heavy atom. The first kappa shape index (κ1) is 13.1. The summed E-state index contributed by atoms with van der Waals surface area (Å²) in [6.07, 6.45) is 3.32. The molecule has 1 saturated heterocycles. The molecule has 5 heteroatoms. The van der Waals surface area contributed by atoms with Crippen LogP contribution in [-0.4, -0.2) is 30.3 Å². The molecule has 1 fully saturated rings. The Morgan fingerprint density at radius 1 is 1.19 bits per heavy atom. The molecule has 3 aliphatic heterocycles. The molecular weight excluding hydrogens is 276 g/mol. The highest BCUT2D eigenvalue weighted by atomic mass is 19.3. The van der Waals surface area contributed by atoms with Gasteiger partial charge in [-0.1, -0.05) is 18.6 Å². The quantitative estimate of drug-likeness (QED) is 0.789. The number of ether oxygens (including phenoxy) is 2. The van der Waals surface area contributed by atoms with Crippen LogP contribution in [0.5, 0.6) is 11.5 Å². The van der Waals surface area contributed by atoms with Gasteiger partial charge in [-0.25, -0.2) is 0 Å². The summed E-state index contributed by atoms with van der Waals surface area (Å²) in [6, 6.07) is 6.09. The molecule has 4 rings (SSSR count). The fraction of sp³-hybridized carbons (Fsp3) is 0.500. The normalized spacial score (nSPS) is 30.1. The zero-order chi connectivity index (χ0) is 14.6. The van der Waals surface area contributed by atoms with Crippen LogP contribution in [0.1, 0.15) is 31.2 Å². The van der Waals surface area contributed by atoms with Crippen molar-refractivity contribution in [3.05, 3.63) is 29.8 Å². The molecule has 0 spiro atoms. The van der Waals surface area contributed by atoms with E-state index < -0.39 is 6.29 Å². The minimum Gasteiger partial charge on any atom is -0.395 e. The Bertz CT molecular complexity index is 614. The minimum absolute atomic E-state index is 0.109. The molecule has 0 aliphatic carbocycles. The third-order valence-electron chi connectivity index (χ3n) is 4.76. The van der Waals surface area contributed by atoms with Gasteiger partial charge in [0, 0.05) is 12.1 Å². The lowest BCUT2D eigenvalue weighted by atomic mass is 9.83. The average Bonchev–Trinajstić information content (AvgIpc) is 2.71. The van der Waals surface area contributed by atoms with Crippen molar-refractivity contribution < 1.29 is 18.3 Å². The van der Waals surface area contributed by atoms with Crippen LogP contribution in [-0.2, 0) is 0 Å². The zero-order valence-electron chi connectivity index (χ0n) is 11.8. The summed E-state index contributed by atoms with van der Waals surface area (Å²) in [5.41, 5.74) is 2.18. The molecule has 2 bridgehead atoms. The minimum atomic E-state index is -3.54. The van der Waals surface area contributed by atoms with Crippen molar-refractivity contribution in [2.24, 2.45) is 0 Å². The third-order valence-corrected chi connectivity index (χ3v) is 4.76. The first-order valence-electron chi connectivity index (χ1n) is 7.35. The molecule has 21 heavy (non-hydrogen) atoms. The van der Waals surface area contributed by atoms with Gasteiger partial charge >= 0.3 is 6.29 Å². The molecule has 3 heterocycles. The molecule has 1 aromatic rings. The third kappa shape index (κ3) is 2.20. The van der Waals surface area contributed by atoms with E-state index in [1.807, 2.05) is 6.07 Å². The van der Waals surface area contributed by atoms with Crippen LogP contribution in [0.3, 0.4) is 0 Å². The number of likely N-dealkylation sites (N-methyl/N-ethyl adjacent to an activating group) is 1. The Kier molecular flexibility index (Phi) is 2.76. The topological polar surface area (TPSA) is 21.7 Å². The second-order valence-corrected chi connectivity index (χ2v) is 6.04. The van der Waals surface area contributed by atoms with Crippen molar-refractivity contribution in [2.45, 2.75) is 44.1 Å². The van der Waals surface area contributed by atoms with Crippen LogP contribution < -0.4 is 9.47 Å². The second-order valence-electron chi connectivity index (χ2n) is 6.04. The van der Waals surface area contributed by atoms with Gasteiger partial charge in [-0.2, -0.15) is 0 Å². The van der Waals surface area contributed by atoms with Gasteiger partial charge in [0.1, 0.15) is 0 Å². The Labute approximate surface area is 122 Å². The average molecular weight is 293 g/mol. The standard InChI is InChI=1S/C16H17F2NO2/c1-19-12-3-2-4-13(19)8-11(7-12)10-5-6-14-15(9-10)21-16(17,18)20-14/h5-7,9,12-13H,2-4,8H2,1H3. The van der Waals surface area contributed by atoms with Crippen LogP contribution in [0.2, 0.25) is 0 Å². The lowest BCUT2D eigenvalue weighted by molar-refractivity contribution is -0.286. The van der Waals surface area contributed by atoms with Crippen LogP contribution in [0.4, 0.5) is 8.78 Å². The van der Waals surface area contributed by atoms with E-state index in [0.29, 0.717) is 12.1 Å². The number of benzene rings is 1. The van der Waals surface area contributed by atoms with Crippen molar-refractivity contribution in [1.82, 2.24) is 4.90 Å². The van der Waals surface area contributed by atoms with E-state index in [1.165, 1.54) is 24.8 Å². The number of hydrogen-bond acceptors (Lipinski definition) is 3. The smallest absolute Gasteiger partial charge is 0.395 e. The SMILES string of the molecule is CN1C2C=C(c3ccc4c(c3)OC(F)(F)O4)CC1CCC2. The van der Waals surface area contributed by atoms with E-state index in [4.69, 9.17) is 0 Å². The summed E-state index contributed by atoms with van der Waals surface area (Å²) in [4.78, 5) is 2.42. The Morgan fingerprint density at radius 2 is 2.00 bits per heavy atom. The number of alkyl halides is 2. The molecule has 2 atom stereocenters. The Balaban J connectivity index is 1.66. The van der Waals surface area contributed by atoms with Gasteiger partial charge in [0.2, 0.25) is 0 Å². The highest BCUT2D eigenvalue weighted by molar-refractivity contribution is 5.70. The maximum absolute atomic E-state index is 13.1. The molecule has 0 radical (unpaired) electrons. The van der Waals surface area contributed by atoms with Crippen LogP contribution in [0.15, 0.2) is 24.3 Å². The number of nitrogens with zero attached hydrogens (tertiary/aromatic N) is 1. The van der Waals surface area contributed by atoms with Crippen LogP contribution in [0, 0.1) is 0 Å². The lowest BCUT2D eigenvalue weighted by Crippen LogP contribution is -2.45. The van der Waals surface area contributed by atoms with E-state index in [9.17, 15) is 8.78 Å². The molecule has 0 amide bonds. The molecule has 0 N–H and O–H groups in total. The van der Waals surface area contributed by atoms with Crippen LogP contribution >= 0.6 is 0 Å². The van der Waals surface area contributed by atoms with Gasteiger partial charge in [-0.15, -0.1) is 8.78 Å². The van der Waals surface area contributed by atoms with Crippen molar-refractivity contribution >= 4 is 5.57 Å². The van der Waals surface area contributed by atoms with Gasteiger partial charge in [-0.05, 0) is 49.6 Å². The molecule has 2 unspecified atom stereocenters. The van der Waals surface area contributed by atoms with Gasteiger partial charge in [0.25, 0.3) is 0 Å². The number of piperidine rings is 1. The van der Waals surface area contributed by atoms with Crippen molar-refractivity contribution in [3.8, 4) is 11.5 Å². The van der Waals surface area contributed by atoms with Crippen LogP contribution in [0.25, 0.3) is 5.57 Å². The fourth-order valence-corrected chi connectivity index (χ4v) is 3.60. The monoisotopic (exact) mass is 293 g/mol. The van der Waals surface area contributed by atoms with Crippen molar-refractivity contribution in [3.63, 3.8) is 0 Å². The highest BCUT2D eigenvalue weighted by Gasteiger charge is 2.43. The van der Waals surface area contributed by atoms with E-state index in [-0.39, 0.29) is 11.5 Å². The first-order valence-corrected chi connectivity index (χ1v) is 7.35. The van der Waals surface area contributed by atoms with E-state index in [0.717, 1.165) is 12.0 Å². The lowest BCUT2D eigenvalue weighted by Gasteiger charge is -2.42. The molecule has 1 aromatic carbocycles. The zero-order valence-corrected chi connectivity index (χ0v) is 11.8. The second kappa shape index (κ2) is 4.44. The van der Waals surface area contributed by atoms with Gasteiger partial charge in [0.15, 0.2) is 11.5 Å². The van der Waals surface area contributed by atoms with Gasteiger partial charge in [0.05, 0.1) is 0 Å². The van der Waals surface area contributed by atoms with E-state index in [2.05, 4.69) is 27.5 Å². The van der Waals surface area contributed by atoms with Gasteiger partial charge in [-0.3, -0.25) is 4.90 Å². The predicted octanol–water partition coefficient (Wildman–Crippen LogP) is 3.65. The van der Waals surface area contributed by atoms with Crippen molar-refractivity contribution in [1.29, 1.82) is 0 Å². The van der Waals surface area contributed by atoms with Crippen molar-refractivity contribution in [2.75, 3.05) is 7.05 Å². The summed E-state index contributed by atoms with van der Waals surface area (Å²) < 4.78 is 35.2. The van der Waals surface area contributed by atoms with E-state index in [1.54, 1.807) is 12.1 Å².